The zero-order valence-electron chi connectivity index (χ0n) is 11.9. The maximum Gasteiger partial charge on any atom is 0.410 e. The fourth-order valence-electron chi connectivity index (χ4n) is 2.17. The Morgan fingerprint density at radius 3 is 2.70 bits per heavy atom. The van der Waals surface area contributed by atoms with Crippen LogP contribution in [0, 0.1) is 0 Å². The fraction of sp³-hybridized carbons (Fsp3) is 0.0714. The molecule has 0 atom stereocenters. The number of nitrogens with two attached hydrogens (primary N) is 1. The predicted molar refractivity (Wildman–Crippen MR) is 87.8 cm³/mol. The van der Waals surface area contributed by atoms with Gasteiger partial charge >= 0.3 is 6.09 Å². The summed E-state index contributed by atoms with van der Waals surface area (Å²) >= 11 is 1.15. The lowest BCUT2D eigenvalue weighted by atomic mass is 10.2. The molecule has 9 heteroatoms. The highest BCUT2D eigenvalue weighted by atomic mass is 32.1. The highest BCUT2D eigenvalue weighted by molar-refractivity contribution is 7.15. The summed E-state index contributed by atoms with van der Waals surface area (Å²) in [5.74, 6) is 0.678. The third kappa shape index (κ3) is 2.57. The van der Waals surface area contributed by atoms with Gasteiger partial charge in [0.2, 0.25) is 0 Å². The van der Waals surface area contributed by atoms with Gasteiger partial charge in [0.25, 0.3) is 5.56 Å². The molecule has 0 spiro atoms. The number of nitrogens with zero attached hydrogens (tertiary/aromatic N) is 2. The van der Waals surface area contributed by atoms with Crippen LogP contribution < -0.4 is 21.3 Å². The Labute approximate surface area is 133 Å². The van der Waals surface area contributed by atoms with Gasteiger partial charge in [-0.2, -0.15) is 4.68 Å². The van der Waals surface area contributed by atoms with E-state index in [-0.39, 0.29) is 11.2 Å². The van der Waals surface area contributed by atoms with Gasteiger partial charge in [-0.05, 0) is 24.3 Å². The van der Waals surface area contributed by atoms with Gasteiger partial charge < -0.3 is 15.6 Å². The molecular formula is C14H12N4O4S. The number of benzene rings is 1. The molecule has 0 aliphatic rings. The summed E-state index contributed by atoms with van der Waals surface area (Å²) in [4.78, 5) is 23.6. The highest BCUT2D eigenvalue weighted by Crippen LogP contribution is 2.30. The summed E-state index contributed by atoms with van der Waals surface area (Å²) < 4.78 is 6.18. The van der Waals surface area contributed by atoms with Crippen LogP contribution in [-0.2, 0) is 0 Å². The summed E-state index contributed by atoms with van der Waals surface area (Å²) in [6.07, 6.45) is -1.27. The Morgan fingerprint density at radius 1 is 1.39 bits per heavy atom. The first-order chi connectivity index (χ1) is 11.0. The van der Waals surface area contributed by atoms with Crippen molar-refractivity contribution in [2.75, 3.05) is 18.2 Å². The van der Waals surface area contributed by atoms with Gasteiger partial charge in [-0.1, -0.05) is 0 Å². The summed E-state index contributed by atoms with van der Waals surface area (Å²) in [6, 6.07) is 6.64. The molecule has 4 N–H and O–H groups in total. The molecular weight excluding hydrogens is 320 g/mol. The van der Waals surface area contributed by atoms with Crippen LogP contribution in [0.15, 0.2) is 34.4 Å². The number of fused-ring (bicyclic) bond motifs is 1. The zero-order valence-corrected chi connectivity index (χ0v) is 12.8. The van der Waals surface area contributed by atoms with E-state index in [2.05, 4.69) is 10.4 Å². The van der Waals surface area contributed by atoms with Gasteiger partial charge in [-0.3, -0.25) is 10.1 Å². The first kappa shape index (κ1) is 14.9. The van der Waals surface area contributed by atoms with Crippen molar-refractivity contribution in [3.8, 4) is 11.4 Å². The van der Waals surface area contributed by atoms with E-state index in [0.29, 0.717) is 21.8 Å². The Balaban J connectivity index is 2.27. The van der Waals surface area contributed by atoms with Crippen molar-refractivity contribution in [1.82, 2.24) is 9.78 Å². The normalized spacial score (nSPS) is 10.7. The minimum absolute atomic E-state index is 0.0517. The van der Waals surface area contributed by atoms with Crippen LogP contribution >= 0.6 is 11.3 Å². The van der Waals surface area contributed by atoms with Crippen molar-refractivity contribution >= 4 is 39.0 Å². The lowest BCUT2D eigenvalue weighted by Gasteiger charge is -2.09. The average molecular weight is 332 g/mol. The molecule has 0 bridgehead atoms. The van der Waals surface area contributed by atoms with Gasteiger partial charge in [0.05, 0.1) is 23.2 Å². The smallest absolute Gasteiger partial charge is 0.410 e. The van der Waals surface area contributed by atoms with Crippen LogP contribution in [0.4, 0.5) is 15.6 Å². The van der Waals surface area contributed by atoms with E-state index < -0.39 is 11.7 Å². The van der Waals surface area contributed by atoms with Crippen molar-refractivity contribution < 1.29 is 14.6 Å². The lowest BCUT2D eigenvalue weighted by Crippen LogP contribution is -2.24. The summed E-state index contributed by atoms with van der Waals surface area (Å²) in [7, 11) is 1.53. The molecule has 0 saturated carbocycles. The average Bonchev–Trinajstić information content (AvgIpc) is 2.92. The van der Waals surface area contributed by atoms with E-state index in [1.54, 1.807) is 29.6 Å². The quantitative estimate of drug-likeness (QED) is 0.676. The Hall–Kier alpha value is -3.07. The number of thiophene rings is 1. The van der Waals surface area contributed by atoms with E-state index in [0.717, 1.165) is 16.0 Å². The molecule has 0 radical (unpaired) electrons. The lowest BCUT2D eigenvalue weighted by molar-refractivity contribution is 0.209. The van der Waals surface area contributed by atoms with E-state index in [1.165, 1.54) is 7.11 Å². The molecule has 118 valence electrons. The van der Waals surface area contributed by atoms with Gasteiger partial charge in [0, 0.05) is 10.8 Å². The Morgan fingerprint density at radius 2 is 2.09 bits per heavy atom. The first-order valence-electron chi connectivity index (χ1n) is 6.45. The SMILES string of the molecule is COc1ccc(-n2nc(NC(=O)O)c3csc(N)c3c2=O)cc1. The number of hydrogen-bond acceptors (Lipinski definition) is 6. The number of hydrogen-bond donors (Lipinski definition) is 3. The third-order valence-electron chi connectivity index (χ3n) is 3.22. The van der Waals surface area contributed by atoms with Gasteiger partial charge in [-0.25, -0.2) is 4.79 Å². The number of methoxy groups -OCH3 is 1. The molecule has 3 rings (SSSR count). The summed E-state index contributed by atoms with van der Waals surface area (Å²) in [6.45, 7) is 0. The molecule has 3 aromatic rings. The number of amides is 1. The molecule has 0 unspecified atom stereocenters. The van der Waals surface area contributed by atoms with Gasteiger partial charge in [0.15, 0.2) is 5.82 Å². The molecule has 0 fully saturated rings. The molecule has 23 heavy (non-hydrogen) atoms. The van der Waals surface area contributed by atoms with Crippen molar-refractivity contribution in [2.45, 2.75) is 0 Å². The number of nitrogen functional groups attached to an aromatic ring is 1. The highest BCUT2D eigenvalue weighted by Gasteiger charge is 2.17. The number of anilines is 2. The predicted octanol–water partition coefficient (Wildman–Crippen LogP) is 2.13. The standard InChI is InChI=1S/C14H12N4O4S/c1-22-8-4-2-7(3-5-8)18-13(19)10-9(6-23-11(10)15)12(17-18)16-14(20)21/h2-6H,15H2,1H3,(H,16,17)(H,20,21). The van der Waals surface area contributed by atoms with Crippen LogP contribution in [-0.4, -0.2) is 28.1 Å². The van der Waals surface area contributed by atoms with Crippen LogP contribution in [0.1, 0.15) is 0 Å². The van der Waals surface area contributed by atoms with Crippen molar-refractivity contribution in [2.24, 2.45) is 0 Å². The van der Waals surface area contributed by atoms with Crippen LogP contribution in [0.2, 0.25) is 0 Å². The fourth-order valence-corrected chi connectivity index (χ4v) is 2.95. The van der Waals surface area contributed by atoms with Gasteiger partial charge in [-0.15, -0.1) is 16.4 Å². The number of carboxylic acid groups (broad SMARTS) is 1. The number of ether oxygens (including phenoxy) is 1. The van der Waals surface area contributed by atoms with E-state index >= 15 is 0 Å². The van der Waals surface area contributed by atoms with Gasteiger partial charge in [0.1, 0.15) is 5.75 Å². The number of nitrogens with one attached hydrogen (secondary N) is 1. The largest absolute Gasteiger partial charge is 0.497 e. The first-order valence-corrected chi connectivity index (χ1v) is 7.33. The van der Waals surface area contributed by atoms with Crippen LogP contribution in [0.5, 0.6) is 5.75 Å². The Kier molecular flexibility index (Phi) is 3.62. The Bertz CT molecular complexity index is 946. The summed E-state index contributed by atoms with van der Waals surface area (Å²) in [5, 5.41) is 17.8. The minimum atomic E-state index is -1.27. The van der Waals surface area contributed by atoms with E-state index in [1.807, 2.05) is 0 Å². The zero-order chi connectivity index (χ0) is 16.6. The van der Waals surface area contributed by atoms with Crippen LogP contribution in [0.3, 0.4) is 0 Å². The molecule has 8 nitrogen and oxygen atoms in total. The van der Waals surface area contributed by atoms with Crippen molar-refractivity contribution in [1.29, 1.82) is 0 Å². The maximum absolute atomic E-state index is 12.6. The van der Waals surface area contributed by atoms with E-state index in [4.69, 9.17) is 15.6 Å². The maximum atomic E-state index is 12.6. The monoisotopic (exact) mass is 332 g/mol. The molecule has 2 aromatic heterocycles. The molecule has 0 aliphatic heterocycles. The molecule has 0 aliphatic carbocycles. The second-order valence-electron chi connectivity index (χ2n) is 4.58. The molecule has 0 saturated heterocycles. The minimum Gasteiger partial charge on any atom is -0.497 e. The van der Waals surface area contributed by atoms with Crippen LogP contribution in [0.25, 0.3) is 16.5 Å². The number of aromatic nitrogens is 2. The molecule has 1 amide bonds. The second kappa shape index (κ2) is 5.61. The third-order valence-corrected chi connectivity index (χ3v) is 4.03. The topological polar surface area (TPSA) is 119 Å². The van der Waals surface area contributed by atoms with E-state index in [9.17, 15) is 9.59 Å². The molecule has 1 aromatic carbocycles. The molecule has 2 heterocycles. The second-order valence-corrected chi connectivity index (χ2v) is 5.49. The van der Waals surface area contributed by atoms with Crippen molar-refractivity contribution in [3.63, 3.8) is 0 Å². The van der Waals surface area contributed by atoms with Crippen molar-refractivity contribution in [3.05, 3.63) is 40.0 Å². The summed E-state index contributed by atoms with van der Waals surface area (Å²) in [5.41, 5.74) is 5.90. The number of rotatable bonds is 3. The number of carbonyl (C=O) groups is 1.